The number of aromatic nitrogens is 1. The Morgan fingerprint density at radius 3 is 2.81 bits per heavy atom. The standard InChI is InChI=1S/C13H16ClN3O2S2/c1-2-6-15-13-8-11(5-7-16-13)21(18,19)17-9-10-3-4-12(14)20-10/h3-5,7-8,17H,2,6,9H2,1H3,(H,15,16). The van der Waals surface area contributed by atoms with Crippen molar-refractivity contribution in [3.05, 3.63) is 39.7 Å². The second-order valence-corrected chi connectivity index (χ2v) is 7.90. The van der Waals surface area contributed by atoms with Crippen molar-refractivity contribution in [3.8, 4) is 0 Å². The van der Waals surface area contributed by atoms with E-state index in [2.05, 4.69) is 15.0 Å². The van der Waals surface area contributed by atoms with Gasteiger partial charge >= 0.3 is 0 Å². The second-order valence-electron chi connectivity index (χ2n) is 4.33. The summed E-state index contributed by atoms with van der Waals surface area (Å²) in [6.45, 7) is 3.00. The number of hydrogen-bond donors (Lipinski definition) is 2. The van der Waals surface area contributed by atoms with E-state index in [9.17, 15) is 8.42 Å². The molecule has 0 radical (unpaired) electrons. The minimum Gasteiger partial charge on any atom is -0.370 e. The summed E-state index contributed by atoms with van der Waals surface area (Å²) in [7, 11) is -3.56. The van der Waals surface area contributed by atoms with Crippen molar-refractivity contribution in [2.45, 2.75) is 24.8 Å². The Kier molecular flexibility index (Phi) is 5.58. The summed E-state index contributed by atoms with van der Waals surface area (Å²) in [5.74, 6) is 0.555. The first-order chi connectivity index (χ1) is 10.0. The van der Waals surface area contributed by atoms with Crippen LogP contribution in [-0.4, -0.2) is 19.9 Å². The summed E-state index contributed by atoms with van der Waals surface area (Å²) in [4.78, 5) is 5.15. The largest absolute Gasteiger partial charge is 0.370 e. The second kappa shape index (κ2) is 7.22. The fraction of sp³-hybridized carbons (Fsp3) is 0.308. The van der Waals surface area contributed by atoms with Crippen LogP contribution in [0.2, 0.25) is 4.34 Å². The van der Waals surface area contributed by atoms with E-state index in [1.54, 1.807) is 12.1 Å². The van der Waals surface area contributed by atoms with Crippen molar-refractivity contribution < 1.29 is 8.42 Å². The van der Waals surface area contributed by atoms with Crippen LogP contribution in [0, 0.1) is 0 Å². The Morgan fingerprint density at radius 2 is 2.14 bits per heavy atom. The zero-order valence-corrected chi connectivity index (χ0v) is 13.9. The molecular formula is C13H16ClN3O2S2. The average molecular weight is 346 g/mol. The number of anilines is 1. The molecule has 0 unspecified atom stereocenters. The minimum atomic E-state index is -3.56. The SMILES string of the molecule is CCCNc1cc(S(=O)(=O)NCc2ccc(Cl)s2)ccn1. The highest BCUT2D eigenvalue weighted by Crippen LogP contribution is 2.22. The van der Waals surface area contributed by atoms with E-state index >= 15 is 0 Å². The molecule has 0 aromatic carbocycles. The number of pyridine rings is 1. The number of hydrogen-bond acceptors (Lipinski definition) is 5. The zero-order valence-electron chi connectivity index (χ0n) is 11.5. The number of nitrogens with zero attached hydrogens (tertiary/aromatic N) is 1. The number of sulfonamides is 1. The van der Waals surface area contributed by atoms with Crippen molar-refractivity contribution >= 4 is 38.8 Å². The molecule has 0 bridgehead atoms. The zero-order chi connectivity index (χ0) is 15.3. The fourth-order valence-corrected chi connectivity index (χ4v) is 3.76. The van der Waals surface area contributed by atoms with E-state index in [1.807, 2.05) is 6.92 Å². The maximum atomic E-state index is 12.2. The third-order valence-corrected chi connectivity index (χ3v) is 5.29. The molecular weight excluding hydrogens is 330 g/mol. The molecule has 5 nitrogen and oxygen atoms in total. The van der Waals surface area contributed by atoms with Crippen LogP contribution in [0.3, 0.4) is 0 Å². The minimum absolute atomic E-state index is 0.193. The van der Waals surface area contributed by atoms with Gasteiger partial charge in [-0.1, -0.05) is 18.5 Å². The number of halogens is 1. The Morgan fingerprint density at radius 1 is 1.33 bits per heavy atom. The van der Waals surface area contributed by atoms with Crippen LogP contribution in [0.5, 0.6) is 0 Å². The van der Waals surface area contributed by atoms with Gasteiger partial charge < -0.3 is 5.32 Å². The summed E-state index contributed by atoms with van der Waals surface area (Å²) in [5.41, 5.74) is 0. The van der Waals surface area contributed by atoms with Gasteiger partial charge in [-0.3, -0.25) is 0 Å². The van der Waals surface area contributed by atoms with Gasteiger partial charge in [0.25, 0.3) is 0 Å². The van der Waals surface area contributed by atoms with Crippen LogP contribution in [0.4, 0.5) is 5.82 Å². The van der Waals surface area contributed by atoms with Gasteiger partial charge in [0.15, 0.2) is 0 Å². The molecule has 114 valence electrons. The van der Waals surface area contributed by atoms with Gasteiger partial charge in [-0.15, -0.1) is 11.3 Å². The molecule has 2 heterocycles. The van der Waals surface area contributed by atoms with E-state index in [1.165, 1.54) is 29.7 Å². The predicted octanol–water partition coefficient (Wildman–Crippen LogP) is 3.10. The Bertz CT molecular complexity index is 701. The Balaban J connectivity index is 2.08. The van der Waals surface area contributed by atoms with E-state index < -0.39 is 10.0 Å². The van der Waals surface area contributed by atoms with Gasteiger partial charge in [-0.05, 0) is 24.6 Å². The van der Waals surface area contributed by atoms with Gasteiger partial charge in [0.05, 0.1) is 9.23 Å². The topological polar surface area (TPSA) is 71.1 Å². The number of rotatable bonds is 7. The van der Waals surface area contributed by atoms with Crippen molar-refractivity contribution in [2.24, 2.45) is 0 Å². The molecule has 0 aliphatic rings. The predicted molar refractivity (Wildman–Crippen MR) is 86.4 cm³/mol. The van der Waals surface area contributed by atoms with Crippen LogP contribution in [0.25, 0.3) is 0 Å². The van der Waals surface area contributed by atoms with Crippen molar-refractivity contribution in [3.63, 3.8) is 0 Å². The van der Waals surface area contributed by atoms with E-state index in [0.29, 0.717) is 10.2 Å². The van der Waals surface area contributed by atoms with Gasteiger partial charge in [-0.2, -0.15) is 0 Å². The Hall–Kier alpha value is -1.15. The van der Waals surface area contributed by atoms with Crippen LogP contribution in [0.15, 0.2) is 35.4 Å². The van der Waals surface area contributed by atoms with Crippen LogP contribution < -0.4 is 10.0 Å². The van der Waals surface area contributed by atoms with E-state index in [4.69, 9.17) is 11.6 Å². The smallest absolute Gasteiger partial charge is 0.241 e. The molecule has 2 aromatic rings. The molecule has 8 heteroatoms. The highest BCUT2D eigenvalue weighted by Gasteiger charge is 2.15. The molecule has 0 saturated carbocycles. The number of nitrogens with one attached hydrogen (secondary N) is 2. The quantitative estimate of drug-likeness (QED) is 0.809. The van der Waals surface area contributed by atoms with Crippen molar-refractivity contribution in [2.75, 3.05) is 11.9 Å². The number of thiophene rings is 1. The highest BCUT2D eigenvalue weighted by atomic mass is 35.5. The fourth-order valence-electron chi connectivity index (χ4n) is 1.62. The first-order valence-electron chi connectivity index (χ1n) is 6.45. The summed E-state index contributed by atoms with van der Waals surface area (Å²) in [6.07, 6.45) is 2.42. The first-order valence-corrected chi connectivity index (χ1v) is 9.13. The third-order valence-electron chi connectivity index (χ3n) is 2.66. The lowest BCUT2D eigenvalue weighted by Gasteiger charge is -2.08. The Labute approximate surface area is 133 Å². The van der Waals surface area contributed by atoms with Gasteiger partial charge in [0, 0.05) is 30.2 Å². The maximum absolute atomic E-state index is 12.2. The molecule has 0 fully saturated rings. The van der Waals surface area contributed by atoms with Crippen LogP contribution in [-0.2, 0) is 16.6 Å². The monoisotopic (exact) mass is 345 g/mol. The van der Waals surface area contributed by atoms with E-state index in [-0.39, 0.29) is 11.4 Å². The molecule has 0 aliphatic heterocycles. The van der Waals surface area contributed by atoms with Gasteiger partial charge in [-0.25, -0.2) is 18.1 Å². The maximum Gasteiger partial charge on any atom is 0.241 e. The van der Waals surface area contributed by atoms with Gasteiger partial charge in [0.2, 0.25) is 10.0 Å². The summed E-state index contributed by atoms with van der Waals surface area (Å²) >= 11 is 7.17. The van der Waals surface area contributed by atoms with Crippen molar-refractivity contribution in [1.82, 2.24) is 9.71 Å². The normalized spacial score (nSPS) is 11.5. The third kappa shape index (κ3) is 4.67. The molecule has 2 N–H and O–H groups in total. The lowest BCUT2D eigenvalue weighted by molar-refractivity contribution is 0.581. The van der Waals surface area contributed by atoms with Crippen LogP contribution in [0.1, 0.15) is 18.2 Å². The highest BCUT2D eigenvalue weighted by molar-refractivity contribution is 7.89. The molecule has 0 amide bonds. The lowest BCUT2D eigenvalue weighted by Crippen LogP contribution is -2.23. The molecule has 0 atom stereocenters. The van der Waals surface area contributed by atoms with E-state index in [0.717, 1.165) is 17.8 Å². The molecule has 2 aromatic heterocycles. The van der Waals surface area contributed by atoms with Gasteiger partial charge in [0.1, 0.15) is 5.82 Å². The molecule has 0 aliphatic carbocycles. The molecule has 0 spiro atoms. The summed E-state index contributed by atoms with van der Waals surface area (Å²) < 4.78 is 27.7. The molecule has 2 rings (SSSR count). The first kappa shape index (κ1) is 16.2. The average Bonchev–Trinajstić information content (AvgIpc) is 2.89. The van der Waals surface area contributed by atoms with Crippen molar-refractivity contribution in [1.29, 1.82) is 0 Å². The van der Waals surface area contributed by atoms with Crippen LogP contribution >= 0.6 is 22.9 Å². The summed E-state index contributed by atoms with van der Waals surface area (Å²) in [6, 6.07) is 6.55. The lowest BCUT2D eigenvalue weighted by atomic mass is 10.4. The summed E-state index contributed by atoms with van der Waals surface area (Å²) in [5, 5.41) is 3.07. The molecule has 21 heavy (non-hydrogen) atoms. The molecule has 0 saturated heterocycles.